The third-order valence-electron chi connectivity index (χ3n) is 2.38. The first-order valence-corrected chi connectivity index (χ1v) is 6.11. The van der Waals surface area contributed by atoms with Gasteiger partial charge in [0.05, 0.1) is 6.21 Å². The Morgan fingerprint density at radius 2 is 2.39 bits per heavy atom. The number of aromatic amines is 1. The first-order valence-electron chi connectivity index (χ1n) is 5.70. The molecule has 1 aromatic carbocycles. The summed E-state index contributed by atoms with van der Waals surface area (Å²) in [6.07, 6.45) is 3.43. The molecule has 0 amide bonds. The summed E-state index contributed by atoms with van der Waals surface area (Å²) < 4.78 is 2.07. The predicted molar refractivity (Wildman–Crippen MR) is 72.5 cm³/mol. The van der Waals surface area contributed by atoms with Gasteiger partial charge in [-0.15, -0.1) is 0 Å². The molecule has 94 valence electrons. The Kier molecular flexibility index (Phi) is 3.88. The molecular formula is C12H14N4OS. The number of hydrogen-bond acceptors (Lipinski definition) is 4. The van der Waals surface area contributed by atoms with Crippen LogP contribution in [-0.2, 0) is 6.42 Å². The van der Waals surface area contributed by atoms with Gasteiger partial charge in [0.25, 0.3) is 0 Å². The minimum atomic E-state index is 0.212. The number of hydrogen-bond donors (Lipinski definition) is 2. The van der Waals surface area contributed by atoms with Crippen LogP contribution in [0.4, 0.5) is 0 Å². The van der Waals surface area contributed by atoms with E-state index in [1.807, 2.05) is 6.07 Å². The van der Waals surface area contributed by atoms with E-state index in [9.17, 15) is 5.11 Å². The van der Waals surface area contributed by atoms with Gasteiger partial charge < -0.3 is 5.11 Å². The van der Waals surface area contributed by atoms with Crippen molar-refractivity contribution in [3.8, 4) is 5.75 Å². The van der Waals surface area contributed by atoms with Crippen molar-refractivity contribution in [2.24, 2.45) is 5.10 Å². The maximum atomic E-state index is 9.36. The van der Waals surface area contributed by atoms with Crippen molar-refractivity contribution in [2.75, 3.05) is 0 Å². The van der Waals surface area contributed by atoms with Crippen LogP contribution in [0, 0.1) is 4.77 Å². The highest BCUT2D eigenvalue weighted by Gasteiger charge is 2.02. The number of phenols is 1. The summed E-state index contributed by atoms with van der Waals surface area (Å²) in [7, 11) is 0. The number of aromatic hydroxyl groups is 1. The Bertz CT molecular complexity index is 615. The molecule has 0 bridgehead atoms. The SMILES string of the molecule is CCCc1n[nH]c(=S)n1/N=C/c1cccc(O)c1. The first-order chi connectivity index (χ1) is 8.70. The van der Waals surface area contributed by atoms with E-state index >= 15 is 0 Å². The van der Waals surface area contributed by atoms with E-state index in [-0.39, 0.29) is 5.75 Å². The number of rotatable bonds is 4. The van der Waals surface area contributed by atoms with Crippen molar-refractivity contribution < 1.29 is 5.11 Å². The van der Waals surface area contributed by atoms with E-state index < -0.39 is 0 Å². The number of aromatic nitrogens is 3. The summed E-state index contributed by atoms with van der Waals surface area (Å²) in [4.78, 5) is 0. The van der Waals surface area contributed by atoms with Gasteiger partial charge in [0.15, 0.2) is 5.82 Å². The van der Waals surface area contributed by atoms with Crippen molar-refractivity contribution in [3.63, 3.8) is 0 Å². The molecule has 5 nitrogen and oxygen atoms in total. The molecule has 0 aliphatic rings. The van der Waals surface area contributed by atoms with Crippen LogP contribution in [-0.4, -0.2) is 26.2 Å². The molecule has 6 heteroatoms. The molecule has 1 heterocycles. The number of nitrogens with zero attached hydrogens (tertiary/aromatic N) is 3. The molecule has 0 fully saturated rings. The highest BCUT2D eigenvalue weighted by Crippen LogP contribution is 2.09. The normalized spacial score (nSPS) is 11.2. The van der Waals surface area contributed by atoms with Crippen molar-refractivity contribution >= 4 is 18.4 Å². The Balaban J connectivity index is 2.28. The van der Waals surface area contributed by atoms with Gasteiger partial charge >= 0.3 is 0 Å². The minimum absolute atomic E-state index is 0.212. The van der Waals surface area contributed by atoms with Crippen LogP contribution in [0.5, 0.6) is 5.75 Å². The van der Waals surface area contributed by atoms with Crippen LogP contribution in [0.15, 0.2) is 29.4 Å². The van der Waals surface area contributed by atoms with Crippen LogP contribution in [0.2, 0.25) is 0 Å². The van der Waals surface area contributed by atoms with Crippen LogP contribution < -0.4 is 0 Å². The lowest BCUT2D eigenvalue weighted by molar-refractivity contribution is 0.475. The average molecular weight is 262 g/mol. The summed E-state index contributed by atoms with van der Waals surface area (Å²) >= 11 is 5.11. The molecular weight excluding hydrogens is 248 g/mol. The Morgan fingerprint density at radius 1 is 1.56 bits per heavy atom. The largest absolute Gasteiger partial charge is 0.508 e. The van der Waals surface area contributed by atoms with Gasteiger partial charge in [-0.05, 0) is 36.3 Å². The number of phenolic OH excluding ortho intramolecular Hbond substituents is 1. The molecule has 0 aliphatic heterocycles. The summed E-state index contributed by atoms with van der Waals surface area (Å²) in [6.45, 7) is 2.07. The second-order valence-electron chi connectivity index (χ2n) is 3.85. The molecule has 0 atom stereocenters. The Labute approximate surface area is 110 Å². The molecule has 1 aromatic heterocycles. The quantitative estimate of drug-likeness (QED) is 0.657. The molecule has 0 unspecified atom stereocenters. The molecule has 0 spiro atoms. The smallest absolute Gasteiger partial charge is 0.216 e. The van der Waals surface area contributed by atoms with E-state index in [0.29, 0.717) is 4.77 Å². The van der Waals surface area contributed by atoms with Crippen molar-refractivity contribution in [1.82, 2.24) is 14.9 Å². The zero-order chi connectivity index (χ0) is 13.0. The molecule has 18 heavy (non-hydrogen) atoms. The van der Waals surface area contributed by atoms with Crippen molar-refractivity contribution in [2.45, 2.75) is 19.8 Å². The van der Waals surface area contributed by atoms with Gasteiger partial charge in [0.2, 0.25) is 4.77 Å². The van der Waals surface area contributed by atoms with Crippen LogP contribution in [0.25, 0.3) is 0 Å². The summed E-state index contributed by atoms with van der Waals surface area (Å²) in [5.74, 6) is 1.02. The Morgan fingerprint density at radius 3 is 3.11 bits per heavy atom. The van der Waals surface area contributed by atoms with Gasteiger partial charge in [-0.25, -0.2) is 0 Å². The highest BCUT2D eigenvalue weighted by molar-refractivity contribution is 7.71. The third kappa shape index (κ3) is 2.84. The second-order valence-corrected chi connectivity index (χ2v) is 4.23. The zero-order valence-corrected chi connectivity index (χ0v) is 10.8. The molecule has 0 saturated carbocycles. The van der Waals surface area contributed by atoms with Crippen molar-refractivity contribution in [1.29, 1.82) is 0 Å². The van der Waals surface area contributed by atoms with E-state index in [2.05, 4.69) is 22.2 Å². The lowest BCUT2D eigenvalue weighted by atomic mass is 10.2. The van der Waals surface area contributed by atoms with Gasteiger partial charge in [-0.1, -0.05) is 19.1 Å². The summed E-state index contributed by atoms with van der Waals surface area (Å²) in [5.41, 5.74) is 0.806. The third-order valence-corrected chi connectivity index (χ3v) is 2.65. The van der Waals surface area contributed by atoms with Crippen LogP contribution >= 0.6 is 12.2 Å². The van der Waals surface area contributed by atoms with Crippen molar-refractivity contribution in [3.05, 3.63) is 40.4 Å². The van der Waals surface area contributed by atoms with Crippen LogP contribution in [0.3, 0.4) is 0 Å². The van der Waals surface area contributed by atoms with Gasteiger partial charge in [0, 0.05) is 6.42 Å². The number of aryl methyl sites for hydroxylation is 1. The minimum Gasteiger partial charge on any atom is -0.508 e. The molecule has 2 rings (SSSR count). The fourth-order valence-electron chi connectivity index (χ4n) is 1.56. The fourth-order valence-corrected chi connectivity index (χ4v) is 1.76. The lowest BCUT2D eigenvalue weighted by Gasteiger charge is -1.98. The number of H-pyrrole nitrogens is 1. The number of benzene rings is 1. The van der Waals surface area contributed by atoms with Gasteiger partial charge in [0.1, 0.15) is 5.75 Å². The first kappa shape index (κ1) is 12.5. The highest BCUT2D eigenvalue weighted by atomic mass is 32.1. The van der Waals surface area contributed by atoms with Gasteiger partial charge in [-0.2, -0.15) is 14.9 Å². The molecule has 0 aliphatic carbocycles. The second kappa shape index (κ2) is 5.59. The zero-order valence-electron chi connectivity index (χ0n) is 10.00. The maximum absolute atomic E-state index is 9.36. The van der Waals surface area contributed by atoms with E-state index in [1.165, 1.54) is 0 Å². The fraction of sp³-hybridized carbons (Fsp3) is 0.250. The summed E-state index contributed by atoms with van der Waals surface area (Å²) in [6, 6.07) is 6.86. The molecule has 2 N–H and O–H groups in total. The number of nitrogens with one attached hydrogen (secondary N) is 1. The summed E-state index contributed by atoms with van der Waals surface area (Å²) in [5, 5.41) is 20.5. The predicted octanol–water partition coefficient (Wildman–Crippen LogP) is 2.48. The average Bonchev–Trinajstić information content (AvgIpc) is 2.69. The van der Waals surface area contributed by atoms with E-state index in [1.54, 1.807) is 29.1 Å². The van der Waals surface area contributed by atoms with E-state index in [4.69, 9.17) is 12.2 Å². The van der Waals surface area contributed by atoms with E-state index in [0.717, 1.165) is 24.2 Å². The topological polar surface area (TPSA) is 66.2 Å². The monoisotopic (exact) mass is 262 g/mol. The van der Waals surface area contributed by atoms with Gasteiger partial charge in [-0.3, -0.25) is 5.10 Å². The van der Waals surface area contributed by atoms with Crippen LogP contribution in [0.1, 0.15) is 24.7 Å². The lowest BCUT2D eigenvalue weighted by Crippen LogP contribution is -1.98. The Hall–Kier alpha value is -1.95. The molecule has 0 radical (unpaired) electrons. The maximum Gasteiger partial charge on any atom is 0.216 e. The standard InChI is InChI=1S/C12H14N4OS/c1-2-4-11-14-15-12(18)16(11)13-8-9-5-3-6-10(17)7-9/h3,5-8,17H,2,4H2,1H3,(H,15,18)/b13-8+. The molecule has 0 saturated heterocycles. The molecule has 2 aromatic rings.